The number of benzene rings is 1. The van der Waals surface area contributed by atoms with E-state index in [0.717, 1.165) is 51.4 Å². The molecule has 0 amide bonds. The fourth-order valence-electron chi connectivity index (χ4n) is 2.46. The average Bonchev–Trinajstić information content (AvgIpc) is 2.81. The lowest BCUT2D eigenvalue weighted by Gasteiger charge is -2.07. The van der Waals surface area contributed by atoms with E-state index in [-0.39, 0.29) is 0 Å². The van der Waals surface area contributed by atoms with Gasteiger partial charge in [0.25, 0.3) is 0 Å². The summed E-state index contributed by atoms with van der Waals surface area (Å²) in [6.07, 6.45) is 2.49. The number of methoxy groups -OCH3 is 1. The van der Waals surface area contributed by atoms with Crippen LogP contribution in [0.15, 0.2) is 18.2 Å². The van der Waals surface area contributed by atoms with Gasteiger partial charge in [-0.15, -0.1) is 0 Å². The summed E-state index contributed by atoms with van der Waals surface area (Å²) in [6.45, 7) is 6.83. The Labute approximate surface area is 121 Å². The van der Waals surface area contributed by atoms with E-state index in [0.29, 0.717) is 6.10 Å². The van der Waals surface area contributed by atoms with Gasteiger partial charge >= 0.3 is 0 Å². The summed E-state index contributed by atoms with van der Waals surface area (Å²) in [6, 6.07) is 6.52. The van der Waals surface area contributed by atoms with E-state index in [9.17, 15) is 0 Å². The van der Waals surface area contributed by atoms with Crippen molar-refractivity contribution < 1.29 is 9.47 Å². The first-order valence-corrected chi connectivity index (χ1v) is 7.48. The first-order chi connectivity index (χ1) is 9.79. The van der Waals surface area contributed by atoms with Crippen molar-refractivity contribution in [2.24, 2.45) is 0 Å². The predicted molar refractivity (Wildman–Crippen MR) is 81.3 cm³/mol. The molecule has 1 unspecified atom stereocenters. The first kappa shape index (κ1) is 15.3. The minimum atomic E-state index is 0.325. The first-order valence-electron chi connectivity index (χ1n) is 7.48. The van der Waals surface area contributed by atoms with E-state index in [4.69, 9.17) is 9.47 Å². The fraction of sp³-hybridized carbons (Fsp3) is 0.625. The van der Waals surface area contributed by atoms with Gasteiger partial charge in [0.1, 0.15) is 11.9 Å². The maximum absolute atomic E-state index is 5.71. The third-order valence-corrected chi connectivity index (χ3v) is 3.48. The van der Waals surface area contributed by atoms with Crippen LogP contribution in [0.5, 0.6) is 5.75 Å². The molecule has 0 saturated heterocycles. The molecule has 1 aliphatic rings. The molecular weight excluding hydrogens is 252 g/mol. The van der Waals surface area contributed by atoms with Crippen LogP contribution >= 0.6 is 0 Å². The van der Waals surface area contributed by atoms with Crippen molar-refractivity contribution in [3.8, 4) is 5.75 Å². The highest BCUT2D eigenvalue weighted by Crippen LogP contribution is 2.29. The van der Waals surface area contributed by atoms with Gasteiger partial charge in [0, 0.05) is 26.6 Å². The molecule has 0 aliphatic carbocycles. The predicted octanol–water partition coefficient (Wildman–Crippen LogP) is 1.73. The van der Waals surface area contributed by atoms with E-state index >= 15 is 0 Å². The summed E-state index contributed by atoms with van der Waals surface area (Å²) >= 11 is 0. The molecule has 2 N–H and O–H groups in total. The number of hydrogen-bond acceptors (Lipinski definition) is 4. The molecule has 20 heavy (non-hydrogen) atoms. The van der Waals surface area contributed by atoms with E-state index in [1.165, 1.54) is 11.1 Å². The van der Waals surface area contributed by atoms with Crippen LogP contribution in [-0.4, -0.2) is 39.5 Å². The zero-order valence-electron chi connectivity index (χ0n) is 12.6. The minimum absolute atomic E-state index is 0.325. The van der Waals surface area contributed by atoms with Gasteiger partial charge in [-0.1, -0.05) is 12.1 Å². The van der Waals surface area contributed by atoms with Crippen molar-refractivity contribution >= 4 is 0 Å². The molecule has 4 nitrogen and oxygen atoms in total. The average molecular weight is 278 g/mol. The molecule has 0 spiro atoms. The normalized spacial score (nSPS) is 17.0. The van der Waals surface area contributed by atoms with Crippen LogP contribution in [0, 0.1) is 0 Å². The van der Waals surface area contributed by atoms with Gasteiger partial charge in [-0.25, -0.2) is 0 Å². The molecule has 1 aliphatic heterocycles. The van der Waals surface area contributed by atoms with Crippen LogP contribution in [0.4, 0.5) is 0 Å². The van der Waals surface area contributed by atoms with Crippen LogP contribution in [-0.2, 0) is 17.7 Å². The number of fused-ring (bicyclic) bond motifs is 1. The van der Waals surface area contributed by atoms with E-state index in [2.05, 4.69) is 35.8 Å². The lowest BCUT2D eigenvalue weighted by molar-refractivity contribution is 0.199. The van der Waals surface area contributed by atoms with Gasteiger partial charge in [-0.05, 0) is 43.6 Å². The molecule has 0 aromatic heterocycles. The summed E-state index contributed by atoms with van der Waals surface area (Å²) in [7, 11) is 1.73. The molecule has 2 rings (SSSR count). The van der Waals surface area contributed by atoms with Gasteiger partial charge < -0.3 is 20.1 Å². The van der Waals surface area contributed by atoms with Gasteiger partial charge in [0.2, 0.25) is 0 Å². The highest BCUT2D eigenvalue weighted by atomic mass is 16.5. The van der Waals surface area contributed by atoms with Crippen molar-refractivity contribution in [1.29, 1.82) is 0 Å². The monoisotopic (exact) mass is 278 g/mol. The third kappa shape index (κ3) is 4.78. The fourth-order valence-corrected chi connectivity index (χ4v) is 2.46. The SMILES string of the molecule is COCCNCCCNCc1ccc2c(c1)CC(C)O2. The van der Waals surface area contributed by atoms with Crippen LogP contribution in [0.25, 0.3) is 0 Å². The summed E-state index contributed by atoms with van der Waals surface area (Å²) in [5.74, 6) is 1.06. The van der Waals surface area contributed by atoms with Crippen molar-refractivity contribution in [1.82, 2.24) is 10.6 Å². The molecule has 4 heteroatoms. The highest BCUT2D eigenvalue weighted by molar-refractivity contribution is 5.40. The quantitative estimate of drug-likeness (QED) is 0.675. The lowest BCUT2D eigenvalue weighted by Crippen LogP contribution is -2.24. The van der Waals surface area contributed by atoms with Gasteiger partial charge in [-0.3, -0.25) is 0 Å². The summed E-state index contributed by atoms with van der Waals surface area (Å²) < 4.78 is 10.7. The Morgan fingerprint density at radius 1 is 1.25 bits per heavy atom. The van der Waals surface area contributed by atoms with Crippen LogP contribution in [0.2, 0.25) is 0 Å². The summed E-state index contributed by atoms with van der Waals surface area (Å²) in [5, 5.41) is 6.83. The van der Waals surface area contributed by atoms with Crippen molar-refractivity contribution in [2.75, 3.05) is 33.4 Å². The second-order valence-electron chi connectivity index (χ2n) is 5.35. The second-order valence-corrected chi connectivity index (χ2v) is 5.35. The Balaban J connectivity index is 1.59. The second kappa shape index (κ2) is 8.25. The number of hydrogen-bond donors (Lipinski definition) is 2. The van der Waals surface area contributed by atoms with E-state index in [1.54, 1.807) is 7.11 Å². The number of rotatable bonds is 9. The topological polar surface area (TPSA) is 42.5 Å². The van der Waals surface area contributed by atoms with Crippen molar-refractivity contribution in [3.05, 3.63) is 29.3 Å². The molecule has 0 saturated carbocycles. The van der Waals surface area contributed by atoms with E-state index < -0.39 is 0 Å². The molecular formula is C16H26N2O2. The highest BCUT2D eigenvalue weighted by Gasteiger charge is 2.18. The number of nitrogens with one attached hydrogen (secondary N) is 2. The Morgan fingerprint density at radius 3 is 2.95 bits per heavy atom. The Kier molecular flexibility index (Phi) is 6.30. The lowest BCUT2D eigenvalue weighted by atomic mass is 10.1. The standard InChI is InChI=1S/C16H26N2O2/c1-13-10-15-11-14(4-5-16(15)20-13)12-18-7-3-6-17-8-9-19-2/h4-5,11,13,17-18H,3,6-10,12H2,1-2H3. The smallest absolute Gasteiger partial charge is 0.123 e. The Hall–Kier alpha value is -1.10. The molecule has 1 aromatic carbocycles. The van der Waals surface area contributed by atoms with Crippen molar-refractivity contribution in [2.45, 2.75) is 32.4 Å². The van der Waals surface area contributed by atoms with E-state index in [1.807, 2.05) is 0 Å². The number of ether oxygens (including phenoxy) is 2. The van der Waals surface area contributed by atoms with Gasteiger partial charge in [0.15, 0.2) is 0 Å². The zero-order chi connectivity index (χ0) is 14.2. The third-order valence-electron chi connectivity index (χ3n) is 3.48. The van der Waals surface area contributed by atoms with Gasteiger partial charge in [0.05, 0.1) is 6.61 Å². The minimum Gasteiger partial charge on any atom is -0.490 e. The van der Waals surface area contributed by atoms with Crippen molar-refractivity contribution in [3.63, 3.8) is 0 Å². The molecule has 1 aromatic rings. The molecule has 1 atom stereocenters. The maximum Gasteiger partial charge on any atom is 0.123 e. The maximum atomic E-state index is 5.71. The molecule has 112 valence electrons. The summed E-state index contributed by atoms with van der Waals surface area (Å²) in [5.41, 5.74) is 2.69. The molecule has 1 heterocycles. The van der Waals surface area contributed by atoms with Crippen LogP contribution in [0.1, 0.15) is 24.5 Å². The molecule has 0 fully saturated rings. The largest absolute Gasteiger partial charge is 0.490 e. The summed E-state index contributed by atoms with van der Waals surface area (Å²) in [4.78, 5) is 0. The van der Waals surface area contributed by atoms with Crippen LogP contribution < -0.4 is 15.4 Å². The van der Waals surface area contributed by atoms with Crippen LogP contribution in [0.3, 0.4) is 0 Å². The molecule has 0 bridgehead atoms. The Bertz CT molecular complexity index is 409. The zero-order valence-corrected chi connectivity index (χ0v) is 12.6. The van der Waals surface area contributed by atoms with Gasteiger partial charge in [-0.2, -0.15) is 0 Å². The Morgan fingerprint density at radius 2 is 2.10 bits per heavy atom. The molecule has 0 radical (unpaired) electrons.